The molecule has 3 aliphatic rings. The maximum absolute atomic E-state index is 5.92. The van der Waals surface area contributed by atoms with Crippen molar-refractivity contribution in [3.05, 3.63) is 60.7 Å². The Morgan fingerprint density at radius 3 is 2.60 bits per heavy atom. The summed E-state index contributed by atoms with van der Waals surface area (Å²) in [5.74, 6) is 2.41. The number of nitrogens with zero attached hydrogens (tertiary/aromatic N) is 3. The molecule has 2 aromatic rings. The molecule has 3 aliphatic heterocycles. The fourth-order valence-corrected chi connectivity index (χ4v) is 5.02. The summed E-state index contributed by atoms with van der Waals surface area (Å²) >= 11 is 0. The number of hydrogen-bond donors (Lipinski definition) is 0. The van der Waals surface area contributed by atoms with Crippen molar-refractivity contribution in [2.75, 3.05) is 68.8 Å². The third kappa shape index (κ3) is 3.74. The fraction of sp³-hybridized carbons (Fsp3) is 0.440. The van der Waals surface area contributed by atoms with Crippen molar-refractivity contribution < 1.29 is 9.47 Å². The minimum atomic E-state index is 0.617. The van der Waals surface area contributed by atoms with E-state index in [0.717, 1.165) is 57.3 Å². The number of rotatable bonds is 6. The number of hydrogen-bond acceptors (Lipinski definition) is 5. The third-order valence-corrected chi connectivity index (χ3v) is 6.56. The van der Waals surface area contributed by atoms with Crippen molar-refractivity contribution in [2.24, 2.45) is 0 Å². The predicted octanol–water partition coefficient (Wildman–Crippen LogP) is 3.76. The van der Waals surface area contributed by atoms with Gasteiger partial charge in [0.25, 0.3) is 0 Å². The molecule has 0 aliphatic carbocycles. The summed E-state index contributed by atoms with van der Waals surface area (Å²) in [5.41, 5.74) is 4.07. The molecule has 0 radical (unpaired) electrons. The van der Waals surface area contributed by atoms with Crippen LogP contribution in [0.15, 0.2) is 55.1 Å². The largest absolute Gasteiger partial charge is 0.486 e. The number of benzene rings is 2. The van der Waals surface area contributed by atoms with E-state index in [-0.39, 0.29) is 0 Å². The van der Waals surface area contributed by atoms with Gasteiger partial charge in [0, 0.05) is 50.9 Å². The van der Waals surface area contributed by atoms with E-state index in [1.165, 1.54) is 23.4 Å². The van der Waals surface area contributed by atoms with E-state index in [0.29, 0.717) is 19.1 Å². The van der Waals surface area contributed by atoms with E-state index >= 15 is 0 Å². The second-order valence-electron chi connectivity index (χ2n) is 8.37. The van der Waals surface area contributed by atoms with Crippen LogP contribution in [0.4, 0.5) is 11.4 Å². The van der Waals surface area contributed by atoms with Crippen LogP contribution in [0, 0.1) is 0 Å². The van der Waals surface area contributed by atoms with Crippen molar-refractivity contribution in [1.29, 1.82) is 0 Å². The summed E-state index contributed by atoms with van der Waals surface area (Å²) < 4.78 is 11.7. The van der Waals surface area contributed by atoms with Gasteiger partial charge in [-0.15, -0.1) is 6.58 Å². The first-order valence-corrected chi connectivity index (χ1v) is 11.1. The summed E-state index contributed by atoms with van der Waals surface area (Å²) in [4.78, 5) is 7.52. The highest BCUT2D eigenvalue weighted by molar-refractivity contribution is 5.65. The van der Waals surface area contributed by atoms with Crippen molar-refractivity contribution in [3.8, 4) is 11.5 Å². The monoisotopic (exact) mass is 405 g/mol. The van der Waals surface area contributed by atoms with Gasteiger partial charge in [0.05, 0.1) is 5.69 Å². The maximum atomic E-state index is 5.92. The normalized spacial score (nSPS) is 20.9. The Morgan fingerprint density at radius 2 is 1.73 bits per heavy atom. The van der Waals surface area contributed by atoms with E-state index < -0.39 is 0 Å². The van der Waals surface area contributed by atoms with Gasteiger partial charge in [0.1, 0.15) is 13.2 Å². The van der Waals surface area contributed by atoms with Crippen LogP contribution in [0.3, 0.4) is 0 Å². The van der Waals surface area contributed by atoms with Crippen LogP contribution in [0.5, 0.6) is 11.5 Å². The molecule has 1 atom stereocenters. The summed E-state index contributed by atoms with van der Waals surface area (Å²) in [6, 6.07) is 15.1. The van der Waals surface area contributed by atoms with Crippen LogP contribution in [-0.2, 0) is 0 Å². The molecule has 158 valence electrons. The molecule has 2 aromatic carbocycles. The molecule has 5 heteroatoms. The summed E-state index contributed by atoms with van der Waals surface area (Å²) in [6.45, 7) is 12.6. The van der Waals surface area contributed by atoms with E-state index in [1.807, 2.05) is 12.1 Å². The second kappa shape index (κ2) is 8.60. The van der Waals surface area contributed by atoms with Crippen molar-refractivity contribution in [1.82, 2.24) is 4.90 Å². The lowest BCUT2D eigenvalue weighted by molar-refractivity contribution is 0.171. The molecule has 0 bridgehead atoms. The highest BCUT2D eigenvalue weighted by Crippen LogP contribution is 2.40. The van der Waals surface area contributed by atoms with E-state index in [1.54, 1.807) is 0 Å². The lowest BCUT2D eigenvalue weighted by Crippen LogP contribution is -2.47. The Kier molecular flexibility index (Phi) is 5.54. The molecule has 3 heterocycles. The molecular formula is C25H31N3O2. The van der Waals surface area contributed by atoms with Gasteiger partial charge in [-0.2, -0.15) is 0 Å². The lowest BCUT2D eigenvalue weighted by atomic mass is 9.97. The van der Waals surface area contributed by atoms with E-state index in [9.17, 15) is 0 Å². The van der Waals surface area contributed by atoms with E-state index in [4.69, 9.17) is 9.47 Å². The summed E-state index contributed by atoms with van der Waals surface area (Å²) in [7, 11) is 0. The molecule has 0 aromatic heterocycles. The highest BCUT2D eigenvalue weighted by atomic mass is 16.6. The Hall–Kier alpha value is -2.66. The lowest BCUT2D eigenvalue weighted by Gasteiger charge is -2.37. The minimum absolute atomic E-state index is 0.617. The SMILES string of the molecule is C=CCN1CC(CCN2CCN(c3cccc4c3OCCO4)CC2)c2ccccc21. The van der Waals surface area contributed by atoms with Gasteiger partial charge < -0.3 is 19.3 Å². The summed E-state index contributed by atoms with van der Waals surface area (Å²) in [5, 5.41) is 0. The zero-order valence-corrected chi connectivity index (χ0v) is 17.6. The first-order chi connectivity index (χ1) is 14.8. The van der Waals surface area contributed by atoms with Gasteiger partial charge in [0.2, 0.25) is 0 Å². The Labute approximate surface area is 179 Å². The molecular weight excluding hydrogens is 374 g/mol. The molecule has 1 saturated heterocycles. The zero-order chi connectivity index (χ0) is 20.3. The molecule has 5 nitrogen and oxygen atoms in total. The summed E-state index contributed by atoms with van der Waals surface area (Å²) in [6.07, 6.45) is 3.22. The average molecular weight is 406 g/mol. The minimum Gasteiger partial charge on any atom is -0.486 e. The number of fused-ring (bicyclic) bond motifs is 2. The Morgan fingerprint density at radius 1 is 0.933 bits per heavy atom. The predicted molar refractivity (Wildman–Crippen MR) is 122 cm³/mol. The number of anilines is 2. The molecule has 1 unspecified atom stereocenters. The maximum Gasteiger partial charge on any atom is 0.184 e. The molecule has 1 fully saturated rings. The second-order valence-corrected chi connectivity index (χ2v) is 8.37. The number of para-hydroxylation sites is 2. The van der Waals surface area contributed by atoms with Gasteiger partial charge in [-0.25, -0.2) is 0 Å². The van der Waals surface area contributed by atoms with Crippen LogP contribution < -0.4 is 19.3 Å². The van der Waals surface area contributed by atoms with Gasteiger partial charge >= 0.3 is 0 Å². The molecule has 0 amide bonds. The van der Waals surface area contributed by atoms with Crippen LogP contribution in [0.25, 0.3) is 0 Å². The Bertz CT molecular complexity index is 892. The molecule has 0 saturated carbocycles. The van der Waals surface area contributed by atoms with Gasteiger partial charge in [-0.3, -0.25) is 4.90 Å². The quantitative estimate of drug-likeness (QED) is 0.683. The van der Waals surface area contributed by atoms with Crippen LogP contribution in [0.2, 0.25) is 0 Å². The zero-order valence-electron chi connectivity index (χ0n) is 17.6. The Balaban J connectivity index is 1.18. The topological polar surface area (TPSA) is 28.2 Å². The van der Waals surface area contributed by atoms with Gasteiger partial charge in [-0.05, 0) is 36.7 Å². The standard InChI is InChI=1S/C25H31N3O2/c1-2-11-28-19-20(21-6-3-4-7-22(21)28)10-12-26-13-15-27(16-14-26)23-8-5-9-24-25(23)30-18-17-29-24/h2-9,20H,1,10-19H2. The van der Waals surface area contributed by atoms with Crippen molar-refractivity contribution >= 4 is 11.4 Å². The molecule has 0 N–H and O–H groups in total. The van der Waals surface area contributed by atoms with Crippen molar-refractivity contribution in [2.45, 2.75) is 12.3 Å². The van der Waals surface area contributed by atoms with Crippen molar-refractivity contribution in [3.63, 3.8) is 0 Å². The molecule has 0 spiro atoms. The number of ether oxygens (including phenoxy) is 2. The third-order valence-electron chi connectivity index (χ3n) is 6.56. The molecule has 30 heavy (non-hydrogen) atoms. The van der Waals surface area contributed by atoms with Crippen LogP contribution in [0.1, 0.15) is 17.9 Å². The van der Waals surface area contributed by atoms with E-state index in [2.05, 4.69) is 57.7 Å². The first kappa shape index (κ1) is 19.3. The smallest absolute Gasteiger partial charge is 0.184 e. The molecule has 5 rings (SSSR count). The first-order valence-electron chi connectivity index (χ1n) is 11.1. The van der Waals surface area contributed by atoms with Gasteiger partial charge in [0.15, 0.2) is 11.5 Å². The van der Waals surface area contributed by atoms with Crippen LogP contribution in [-0.4, -0.2) is 63.9 Å². The average Bonchev–Trinajstić information content (AvgIpc) is 3.16. The van der Waals surface area contributed by atoms with Gasteiger partial charge in [-0.1, -0.05) is 30.3 Å². The van der Waals surface area contributed by atoms with Crippen LogP contribution >= 0.6 is 0 Å². The highest BCUT2D eigenvalue weighted by Gasteiger charge is 2.29. The number of piperazine rings is 1. The fourth-order valence-electron chi connectivity index (χ4n) is 5.02.